The average Bonchev–Trinajstić information content (AvgIpc) is 2.76. The number of nitrogens with one attached hydrogen (secondary N) is 1. The number of hydrogen-bond donors (Lipinski definition) is 1. The van der Waals surface area contributed by atoms with E-state index in [0.717, 1.165) is 17.9 Å². The zero-order valence-electron chi connectivity index (χ0n) is 8.18. The number of hydrogen-bond acceptors (Lipinski definition) is 1. The third kappa shape index (κ3) is 2.22. The third-order valence-electron chi connectivity index (χ3n) is 3.30. The first-order valence-corrected chi connectivity index (χ1v) is 5.62. The standard InChI is InChI=1S/C11H21N/c1-2-3-9-6-10(7-9)8-12-11-4-5-11/h9-12H,2-8H2,1H3. The molecule has 0 unspecified atom stereocenters. The van der Waals surface area contributed by atoms with Crippen LogP contribution >= 0.6 is 0 Å². The van der Waals surface area contributed by atoms with Gasteiger partial charge in [0.15, 0.2) is 0 Å². The Kier molecular flexibility index (Phi) is 2.69. The Labute approximate surface area is 75.9 Å². The van der Waals surface area contributed by atoms with Crippen molar-refractivity contribution in [3.8, 4) is 0 Å². The van der Waals surface area contributed by atoms with Crippen LogP contribution in [0.1, 0.15) is 45.4 Å². The molecule has 0 saturated heterocycles. The van der Waals surface area contributed by atoms with Gasteiger partial charge in [0, 0.05) is 6.04 Å². The lowest BCUT2D eigenvalue weighted by Crippen LogP contribution is -2.33. The van der Waals surface area contributed by atoms with Gasteiger partial charge in [-0.3, -0.25) is 0 Å². The van der Waals surface area contributed by atoms with Crippen molar-refractivity contribution in [1.82, 2.24) is 5.32 Å². The zero-order chi connectivity index (χ0) is 8.39. The van der Waals surface area contributed by atoms with Crippen LogP contribution in [0, 0.1) is 11.8 Å². The molecule has 0 amide bonds. The molecule has 2 rings (SSSR count). The van der Waals surface area contributed by atoms with Gasteiger partial charge in [0.1, 0.15) is 0 Å². The van der Waals surface area contributed by atoms with Crippen molar-refractivity contribution in [3.05, 3.63) is 0 Å². The van der Waals surface area contributed by atoms with E-state index in [1.807, 2.05) is 0 Å². The minimum absolute atomic E-state index is 0.912. The molecule has 0 bridgehead atoms. The van der Waals surface area contributed by atoms with Crippen molar-refractivity contribution in [1.29, 1.82) is 0 Å². The van der Waals surface area contributed by atoms with Crippen LogP contribution in [0.3, 0.4) is 0 Å². The Balaban J connectivity index is 1.49. The van der Waals surface area contributed by atoms with Gasteiger partial charge in [-0.2, -0.15) is 0 Å². The molecule has 1 N–H and O–H groups in total. The van der Waals surface area contributed by atoms with Gasteiger partial charge < -0.3 is 5.32 Å². The van der Waals surface area contributed by atoms with Crippen LogP contribution in [0.2, 0.25) is 0 Å². The molecule has 2 saturated carbocycles. The fraction of sp³-hybridized carbons (Fsp3) is 1.00. The summed E-state index contributed by atoms with van der Waals surface area (Å²) in [5.74, 6) is 2.11. The highest BCUT2D eigenvalue weighted by Crippen LogP contribution is 2.36. The van der Waals surface area contributed by atoms with Crippen LogP contribution in [0.15, 0.2) is 0 Å². The Bertz CT molecular complexity index is 134. The third-order valence-corrected chi connectivity index (χ3v) is 3.30. The summed E-state index contributed by atoms with van der Waals surface area (Å²) in [5.41, 5.74) is 0. The van der Waals surface area contributed by atoms with Crippen LogP contribution in [0.25, 0.3) is 0 Å². The van der Waals surface area contributed by atoms with Crippen molar-refractivity contribution >= 4 is 0 Å². The van der Waals surface area contributed by atoms with Gasteiger partial charge in [-0.1, -0.05) is 19.8 Å². The second kappa shape index (κ2) is 3.78. The summed E-state index contributed by atoms with van der Waals surface area (Å²) < 4.78 is 0. The molecule has 1 heteroatoms. The van der Waals surface area contributed by atoms with E-state index in [1.54, 1.807) is 0 Å². The van der Waals surface area contributed by atoms with E-state index in [2.05, 4.69) is 12.2 Å². The van der Waals surface area contributed by atoms with Gasteiger partial charge in [0.2, 0.25) is 0 Å². The first-order valence-electron chi connectivity index (χ1n) is 5.62. The lowest BCUT2D eigenvalue weighted by molar-refractivity contribution is 0.176. The Morgan fingerprint density at radius 1 is 1.17 bits per heavy atom. The molecular formula is C11H21N. The molecule has 0 spiro atoms. The van der Waals surface area contributed by atoms with Gasteiger partial charge in [-0.05, 0) is 44.1 Å². The molecular weight excluding hydrogens is 146 g/mol. The van der Waals surface area contributed by atoms with Crippen molar-refractivity contribution in [2.24, 2.45) is 11.8 Å². The summed E-state index contributed by atoms with van der Waals surface area (Å²) >= 11 is 0. The predicted molar refractivity (Wildman–Crippen MR) is 52.1 cm³/mol. The van der Waals surface area contributed by atoms with E-state index in [0.29, 0.717) is 0 Å². The smallest absolute Gasteiger partial charge is 0.00683 e. The van der Waals surface area contributed by atoms with E-state index in [4.69, 9.17) is 0 Å². The summed E-state index contributed by atoms with van der Waals surface area (Å²) in [6.07, 6.45) is 8.74. The van der Waals surface area contributed by atoms with Gasteiger partial charge in [0.25, 0.3) is 0 Å². The molecule has 0 radical (unpaired) electrons. The maximum Gasteiger partial charge on any atom is 0.00683 e. The normalized spacial score (nSPS) is 34.8. The first kappa shape index (κ1) is 8.55. The molecule has 2 aliphatic rings. The van der Waals surface area contributed by atoms with Crippen molar-refractivity contribution < 1.29 is 0 Å². The van der Waals surface area contributed by atoms with Crippen LogP contribution in [0.4, 0.5) is 0 Å². The van der Waals surface area contributed by atoms with Crippen LogP contribution in [0.5, 0.6) is 0 Å². The number of rotatable bonds is 5. The zero-order valence-corrected chi connectivity index (χ0v) is 8.18. The fourth-order valence-electron chi connectivity index (χ4n) is 2.31. The lowest BCUT2D eigenvalue weighted by atomic mass is 9.73. The van der Waals surface area contributed by atoms with Crippen molar-refractivity contribution in [3.63, 3.8) is 0 Å². The van der Waals surface area contributed by atoms with Gasteiger partial charge in [0.05, 0.1) is 0 Å². The van der Waals surface area contributed by atoms with E-state index >= 15 is 0 Å². The molecule has 70 valence electrons. The highest BCUT2D eigenvalue weighted by Gasteiger charge is 2.29. The fourth-order valence-corrected chi connectivity index (χ4v) is 2.31. The Morgan fingerprint density at radius 2 is 1.92 bits per heavy atom. The molecule has 0 atom stereocenters. The lowest BCUT2D eigenvalue weighted by Gasteiger charge is -2.35. The van der Waals surface area contributed by atoms with Crippen LogP contribution in [-0.4, -0.2) is 12.6 Å². The Morgan fingerprint density at radius 3 is 2.50 bits per heavy atom. The van der Waals surface area contributed by atoms with Gasteiger partial charge in [-0.15, -0.1) is 0 Å². The van der Waals surface area contributed by atoms with Crippen LogP contribution in [-0.2, 0) is 0 Å². The maximum atomic E-state index is 3.62. The Hall–Kier alpha value is -0.0400. The largest absolute Gasteiger partial charge is 0.314 e. The van der Waals surface area contributed by atoms with Crippen LogP contribution < -0.4 is 5.32 Å². The molecule has 0 heterocycles. The minimum atomic E-state index is 0.912. The summed E-state index contributed by atoms with van der Waals surface area (Å²) in [4.78, 5) is 0. The molecule has 2 aliphatic carbocycles. The first-order chi connectivity index (χ1) is 5.88. The summed E-state index contributed by atoms with van der Waals surface area (Å²) in [6.45, 7) is 3.61. The van der Waals surface area contributed by atoms with Crippen molar-refractivity contribution in [2.75, 3.05) is 6.54 Å². The molecule has 2 fully saturated rings. The second-order valence-electron chi connectivity index (χ2n) is 4.67. The summed E-state index contributed by atoms with van der Waals surface area (Å²) in [6, 6.07) is 0.912. The second-order valence-corrected chi connectivity index (χ2v) is 4.67. The molecule has 12 heavy (non-hydrogen) atoms. The maximum absolute atomic E-state index is 3.62. The van der Waals surface area contributed by atoms with Gasteiger partial charge in [-0.25, -0.2) is 0 Å². The predicted octanol–water partition coefficient (Wildman–Crippen LogP) is 2.56. The van der Waals surface area contributed by atoms with Gasteiger partial charge >= 0.3 is 0 Å². The quantitative estimate of drug-likeness (QED) is 0.663. The highest BCUT2D eigenvalue weighted by molar-refractivity contribution is 4.86. The molecule has 0 aromatic carbocycles. The minimum Gasteiger partial charge on any atom is -0.314 e. The molecule has 0 aliphatic heterocycles. The topological polar surface area (TPSA) is 12.0 Å². The van der Waals surface area contributed by atoms with E-state index in [1.165, 1.54) is 45.1 Å². The van der Waals surface area contributed by atoms with E-state index < -0.39 is 0 Å². The SMILES string of the molecule is CCCC1CC(CNC2CC2)C1. The summed E-state index contributed by atoms with van der Waals surface area (Å²) in [5, 5.41) is 3.62. The molecule has 0 aromatic rings. The van der Waals surface area contributed by atoms with E-state index in [-0.39, 0.29) is 0 Å². The molecule has 0 aromatic heterocycles. The highest BCUT2D eigenvalue weighted by atomic mass is 14.9. The monoisotopic (exact) mass is 167 g/mol. The molecule has 1 nitrogen and oxygen atoms in total. The van der Waals surface area contributed by atoms with E-state index in [9.17, 15) is 0 Å². The van der Waals surface area contributed by atoms with Crippen molar-refractivity contribution in [2.45, 2.75) is 51.5 Å². The summed E-state index contributed by atoms with van der Waals surface area (Å²) in [7, 11) is 0. The average molecular weight is 167 g/mol.